The topological polar surface area (TPSA) is 75.9 Å². The monoisotopic (exact) mass is 355 g/mol. The van der Waals surface area contributed by atoms with E-state index in [9.17, 15) is 9.59 Å². The molecule has 1 aromatic carbocycles. The van der Waals surface area contributed by atoms with E-state index in [1.807, 2.05) is 29.2 Å². The van der Waals surface area contributed by atoms with Crippen molar-refractivity contribution in [3.05, 3.63) is 29.8 Å². The summed E-state index contributed by atoms with van der Waals surface area (Å²) in [5.74, 6) is 1.04. The number of halogens is 1. The maximum Gasteiger partial charge on any atom is 0.223 e. The van der Waals surface area contributed by atoms with E-state index in [4.69, 9.17) is 10.5 Å². The van der Waals surface area contributed by atoms with Crippen molar-refractivity contribution in [2.24, 2.45) is 5.73 Å². The summed E-state index contributed by atoms with van der Waals surface area (Å²) in [4.78, 5) is 27.7. The number of rotatable bonds is 6. The summed E-state index contributed by atoms with van der Waals surface area (Å²) in [6.45, 7) is 2.80. The Morgan fingerprint density at radius 3 is 1.96 bits per heavy atom. The SMILES string of the molecule is COc1ccc(CCC(=O)N2CCN(C(=O)CCN)CC2)cc1.Cl. The zero-order valence-electron chi connectivity index (χ0n) is 14.1. The highest BCUT2D eigenvalue weighted by atomic mass is 35.5. The van der Waals surface area contributed by atoms with Gasteiger partial charge in [0, 0.05) is 45.6 Å². The fraction of sp³-hybridized carbons (Fsp3) is 0.529. The molecule has 7 heteroatoms. The van der Waals surface area contributed by atoms with Crippen molar-refractivity contribution in [1.82, 2.24) is 9.80 Å². The lowest BCUT2D eigenvalue weighted by molar-refractivity contribution is -0.139. The normalized spacial score (nSPS) is 14.1. The van der Waals surface area contributed by atoms with Crippen LogP contribution in [0, 0.1) is 0 Å². The number of methoxy groups -OCH3 is 1. The summed E-state index contributed by atoms with van der Waals surface area (Å²) in [6, 6.07) is 7.77. The van der Waals surface area contributed by atoms with Crippen molar-refractivity contribution >= 4 is 24.2 Å². The van der Waals surface area contributed by atoms with Gasteiger partial charge in [0.2, 0.25) is 11.8 Å². The fourth-order valence-corrected chi connectivity index (χ4v) is 2.69. The highest BCUT2D eigenvalue weighted by Crippen LogP contribution is 2.13. The van der Waals surface area contributed by atoms with Crippen LogP contribution in [0.4, 0.5) is 0 Å². The number of benzene rings is 1. The molecule has 24 heavy (non-hydrogen) atoms. The highest BCUT2D eigenvalue weighted by Gasteiger charge is 2.23. The third kappa shape index (κ3) is 5.69. The van der Waals surface area contributed by atoms with Crippen LogP contribution < -0.4 is 10.5 Å². The first-order chi connectivity index (χ1) is 11.1. The summed E-state index contributed by atoms with van der Waals surface area (Å²) in [5.41, 5.74) is 6.53. The number of hydrogen-bond acceptors (Lipinski definition) is 4. The molecular weight excluding hydrogens is 330 g/mol. The van der Waals surface area contributed by atoms with Crippen LogP contribution in [0.2, 0.25) is 0 Å². The van der Waals surface area contributed by atoms with Crippen molar-refractivity contribution in [3.8, 4) is 5.75 Å². The number of ether oxygens (including phenoxy) is 1. The third-order valence-electron chi connectivity index (χ3n) is 4.13. The molecule has 1 aliphatic heterocycles. The van der Waals surface area contributed by atoms with E-state index >= 15 is 0 Å². The number of hydrogen-bond donors (Lipinski definition) is 1. The van der Waals surface area contributed by atoms with Crippen LogP contribution >= 0.6 is 12.4 Å². The molecular formula is C17H26ClN3O3. The molecule has 0 spiro atoms. The predicted molar refractivity (Wildman–Crippen MR) is 95.4 cm³/mol. The van der Waals surface area contributed by atoms with E-state index in [0.29, 0.717) is 45.6 Å². The zero-order valence-corrected chi connectivity index (χ0v) is 14.9. The molecule has 1 fully saturated rings. The molecule has 2 amide bonds. The van der Waals surface area contributed by atoms with E-state index in [2.05, 4.69) is 0 Å². The van der Waals surface area contributed by atoms with Gasteiger partial charge in [-0.2, -0.15) is 0 Å². The van der Waals surface area contributed by atoms with E-state index < -0.39 is 0 Å². The minimum atomic E-state index is 0. The Labute approximate surface area is 149 Å². The molecule has 134 valence electrons. The molecule has 0 unspecified atom stereocenters. The molecule has 1 aliphatic rings. The first-order valence-corrected chi connectivity index (χ1v) is 8.02. The van der Waals surface area contributed by atoms with Crippen molar-refractivity contribution < 1.29 is 14.3 Å². The van der Waals surface area contributed by atoms with Gasteiger partial charge in [-0.3, -0.25) is 9.59 Å². The summed E-state index contributed by atoms with van der Waals surface area (Å²) in [7, 11) is 1.64. The van der Waals surface area contributed by atoms with Crippen LogP contribution in [0.15, 0.2) is 24.3 Å². The molecule has 0 aromatic heterocycles. The van der Waals surface area contributed by atoms with Crippen molar-refractivity contribution in [3.63, 3.8) is 0 Å². The van der Waals surface area contributed by atoms with Gasteiger partial charge in [-0.25, -0.2) is 0 Å². The highest BCUT2D eigenvalue weighted by molar-refractivity contribution is 5.85. The third-order valence-corrected chi connectivity index (χ3v) is 4.13. The number of nitrogens with zero attached hydrogens (tertiary/aromatic N) is 2. The Kier molecular flexibility index (Phi) is 8.57. The van der Waals surface area contributed by atoms with Gasteiger partial charge in [0.25, 0.3) is 0 Å². The van der Waals surface area contributed by atoms with Gasteiger partial charge >= 0.3 is 0 Å². The van der Waals surface area contributed by atoms with Crippen molar-refractivity contribution in [2.45, 2.75) is 19.3 Å². The van der Waals surface area contributed by atoms with Crippen LogP contribution in [0.3, 0.4) is 0 Å². The second-order valence-electron chi connectivity index (χ2n) is 5.65. The van der Waals surface area contributed by atoms with Gasteiger partial charge in [-0.05, 0) is 24.1 Å². The standard InChI is InChI=1S/C17H25N3O3.ClH/c1-23-15-5-2-14(3-6-15)4-7-16(21)19-10-12-20(13-11-19)17(22)8-9-18;/h2-3,5-6H,4,7-13,18H2,1H3;1H. The number of carbonyl (C=O) groups is 2. The van der Waals surface area contributed by atoms with Gasteiger partial charge in [0.15, 0.2) is 0 Å². The van der Waals surface area contributed by atoms with Crippen LogP contribution in [-0.4, -0.2) is 61.4 Å². The number of nitrogens with two attached hydrogens (primary N) is 1. The molecule has 1 heterocycles. The van der Waals surface area contributed by atoms with Crippen LogP contribution in [-0.2, 0) is 16.0 Å². The van der Waals surface area contributed by atoms with Crippen molar-refractivity contribution in [2.75, 3.05) is 39.8 Å². The second-order valence-corrected chi connectivity index (χ2v) is 5.65. The first kappa shape index (κ1) is 20.3. The fourth-order valence-electron chi connectivity index (χ4n) is 2.69. The van der Waals surface area contributed by atoms with Crippen LogP contribution in [0.5, 0.6) is 5.75 Å². The van der Waals surface area contributed by atoms with E-state index in [1.54, 1.807) is 12.0 Å². The molecule has 0 saturated carbocycles. The molecule has 0 radical (unpaired) electrons. The van der Waals surface area contributed by atoms with Gasteiger partial charge in [-0.15, -0.1) is 12.4 Å². The molecule has 1 aromatic rings. The van der Waals surface area contributed by atoms with Gasteiger partial charge in [0.1, 0.15) is 5.75 Å². The van der Waals surface area contributed by atoms with E-state index in [-0.39, 0.29) is 24.2 Å². The van der Waals surface area contributed by atoms with Crippen molar-refractivity contribution in [1.29, 1.82) is 0 Å². The van der Waals surface area contributed by atoms with Gasteiger partial charge in [-0.1, -0.05) is 12.1 Å². The Morgan fingerprint density at radius 2 is 1.50 bits per heavy atom. The number of piperazine rings is 1. The minimum Gasteiger partial charge on any atom is -0.497 e. The Hall–Kier alpha value is -1.79. The number of carbonyl (C=O) groups excluding carboxylic acids is 2. The van der Waals surface area contributed by atoms with Gasteiger partial charge < -0.3 is 20.3 Å². The smallest absolute Gasteiger partial charge is 0.223 e. The quantitative estimate of drug-likeness (QED) is 0.828. The molecule has 6 nitrogen and oxygen atoms in total. The zero-order chi connectivity index (χ0) is 16.7. The molecule has 0 aliphatic carbocycles. The minimum absolute atomic E-state index is 0. The molecule has 1 saturated heterocycles. The number of aryl methyl sites for hydroxylation is 1. The molecule has 0 bridgehead atoms. The van der Waals surface area contributed by atoms with E-state index in [1.165, 1.54) is 0 Å². The Bertz CT molecular complexity index is 528. The lowest BCUT2D eigenvalue weighted by atomic mass is 10.1. The average molecular weight is 356 g/mol. The van der Waals surface area contributed by atoms with Crippen LogP contribution in [0.25, 0.3) is 0 Å². The summed E-state index contributed by atoms with van der Waals surface area (Å²) >= 11 is 0. The lowest BCUT2D eigenvalue weighted by Crippen LogP contribution is -2.50. The lowest BCUT2D eigenvalue weighted by Gasteiger charge is -2.35. The second kappa shape index (κ2) is 10.2. The summed E-state index contributed by atoms with van der Waals surface area (Å²) < 4.78 is 5.12. The largest absolute Gasteiger partial charge is 0.497 e. The molecule has 0 atom stereocenters. The molecule has 2 rings (SSSR count). The Morgan fingerprint density at radius 1 is 1.00 bits per heavy atom. The first-order valence-electron chi connectivity index (χ1n) is 8.02. The van der Waals surface area contributed by atoms with Gasteiger partial charge in [0.05, 0.1) is 7.11 Å². The maximum atomic E-state index is 12.3. The van der Waals surface area contributed by atoms with E-state index in [0.717, 1.165) is 17.7 Å². The average Bonchev–Trinajstić information content (AvgIpc) is 2.60. The molecule has 2 N–H and O–H groups in total. The summed E-state index contributed by atoms with van der Waals surface area (Å²) in [5, 5.41) is 0. The van der Waals surface area contributed by atoms with Crippen LogP contribution in [0.1, 0.15) is 18.4 Å². The maximum absolute atomic E-state index is 12.3. The predicted octanol–water partition coefficient (Wildman–Crippen LogP) is 1.07. The number of amides is 2. The Balaban J connectivity index is 0.00000288. The summed E-state index contributed by atoms with van der Waals surface area (Å²) in [6.07, 6.45) is 1.59.